The predicted molar refractivity (Wildman–Crippen MR) is 85.2 cm³/mol. The van der Waals surface area contributed by atoms with Crippen LogP contribution in [0.4, 0.5) is 10.1 Å². The molecule has 0 saturated carbocycles. The van der Waals surface area contributed by atoms with Crippen LogP contribution in [0.2, 0.25) is 0 Å². The topological polar surface area (TPSA) is 45.2 Å². The Balaban J connectivity index is 1.60. The van der Waals surface area contributed by atoms with E-state index in [1.165, 1.54) is 18.6 Å². The molecule has 0 radical (unpaired) electrons. The van der Waals surface area contributed by atoms with Crippen molar-refractivity contribution in [3.05, 3.63) is 36.3 Å². The molecule has 2 heterocycles. The van der Waals surface area contributed by atoms with E-state index < -0.39 is 0 Å². The summed E-state index contributed by atoms with van der Waals surface area (Å²) < 4.78 is 13.2. The van der Waals surface area contributed by atoms with Crippen LogP contribution in [-0.4, -0.2) is 35.4 Å². The van der Waals surface area contributed by atoms with E-state index in [0.29, 0.717) is 18.5 Å². The maximum Gasteiger partial charge on any atom is 0.224 e. The summed E-state index contributed by atoms with van der Waals surface area (Å²) in [6.45, 7) is 2.35. The number of nitrogens with zero attached hydrogens (tertiary/aromatic N) is 2. The number of hydrogen-bond donors (Lipinski definition) is 1. The highest BCUT2D eigenvalue weighted by molar-refractivity contribution is 5.91. The molecule has 1 N–H and O–H groups in total. The van der Waals surface area contributed by atoms with Gasteiger partial charge in [0.05, 0.1) is 5.52 Å². The summed E-state index contributed by atoms with van der Waals surface area (Å²) in [5.74, 6) is -0.0889. The molecule has 0 spiro atoms. The first kappa shape index (κ1) is 14.8. The fraction of sp³-hybridized carbons (Fsp3) is 0.412. The van der Waals surface area contributed by atoms with Crippen molar-refractivity contribution in [3.63, 3.8) is 0 Å². The number of benzene rings is 1. The fourth-order valence-corrected chi connectivity index (χ4v) is 2.88. The maximum atomic E-state index is 13.2. The number of hydrogen-bond acceptors (Lipinski definition) is 3. The van der Waals surface area contributed by atoms with E-state index >= 15 is 0 Å². The molecular weight excluding hydrogens is 281 g/mol. The van der Waals surface area contributed by atoms with Gasteiger partial charge in [0.25, 0.3) is 0 Å². The SMILES string of the molecule is O=C(CCNc1ccnc2cc(F)ccc12)N1CCCCC1. The van der Waals surface area contributed by atoms with Gasteiger partial charge in [-0.1, -0.05) is 0 Å². The van der Waals surface area contributed by atoms with Gasteiger partial charge in [-0.05, 0) is 37.5 Å². The number of carbonyl (C=O) groups excluding carboxylic acids is 1. The van der Waals surface area contributed by atoms with Crippen LogP contribution in [0.3, 0.4) is 0 Å². The Kier molecular flexibility index (Phi) is 4.51. The Morgan fingerprint density at radius 2 is 2.05 bits per heavy atom. The predicted octanol–water partition coefficient (Wildman–Crippen LogP) is 3.19. The average Bonchev–Trinajstić information content (AvgIpc) is 2.55. The lowest BCUT2D eigenvalue weighted by Crippen LogP contribution is -2.36. The summed E-state index contributed by atoms with van der Waals surface area (Å²) in [6, 6.07) is 6.41. The number of piperidine rings is 1. The van der Waals surface area contributed by atoms with Gasteiger partial charge in [-0.15, -0.1) is 0 Å². The van der Waals surface area contributed by atoms with E-state index in [1.54, 1.807) is 12.3 Å². The van der Waals surface area contributed by atoms with Crippen LogP contribution < -0.4 is 5.32 Å². The summed E-state index contributed by atoms with van der Waals surface area (Å²) in [7, 11) is 0. The number of amides is 1. The van der Waals surface area contributed by atoms with Gasteiger partial charge < -0.3 is 10.2 Å². The number of aromatic nitrogens is 1. The molecule has 1 amide bonds. The van der Waals surface area contributed by atoms with Crippen molar-refractivity contribution >= 4 is 22.5 Å². The molecule has 0 atom stereocenters. The highest BCUT2D eigenvalue weighted by Crippen LogP contribution is 2.22. The monoisotopic (exact) mass is 301 g/mol. The first-order valence-electron chi connectivity index (χ1n) is 7.80. The van der Waals surface area contributed by atoms with Crippen LogP contribution in [0.5, 0.6) is 0 Å². The van der Waals surface area contributed by atoms with E-state index in [2.05, 4.69) is 10.3 Å². The Morgan fingerprint density at radius 3 is 2.86 bits per heavy atom. The molecule has 4 nitrogen and oxygen atoms in total. The van der Waals surface area contributed by atoms with Crippen molar-refractivity contribution in [2.75, 3.05) is 25.0 Å². The zero-order chi connectivity index (χ0) is 15.4. The van der Waals surface area contributed by atoms with Gasteiger partial charge in [-0.2, -0.15) is 0 Å². The summed E-state index contributed by atoms with van der Waals surface area (Å²) in [6.07, 6.45) is 5.57. The second-order valence-corrected chi connectivity index (χ2v) is 5.64. The normalized spacial score (nSPS) is 15.0. The van der Waals surface area contributed by atoms with Crippen LogP contribution in [0.1, 0.15) is 25.7 Å². The number of rotatable bonds is 4. The van der Waals surface area contributed by atoms with Crippen molar-refractivity contribution in [2.24, 2.45) is 0 Å². The molecule has 1 aromatic heterocycles. The molecule has 1 aliphatic heterocycles. The van der Waals surface area contributed by atoms with Crippen LogP contribution in [0, 0.1) is 5.82 Å². The van der Waals surface area contributed by atoms with E-state index in [1.807, 2.05) is 11.0 Å². The molecule has 1 fully saturated rings. The largest absolute Gasteiger partial charge is 0.384 e. The fourth-order valence-electron chi connectivity index (χ4n) is 2.88. The third kappa shape index (κ3) is 3.35. The molecule has 5 heteroatoms. The lowest BCUT2D eigenvalue weighted by molar-refractivity contribution is -0.131. The number of nitrogens with one attached hydrogen (secondary N) is 1. The third-order valence-electron chi connectivity index (χ3n) is 4.07. The van der Waals surface area contributed by atoms with Gasteiger partial charge in [0.2, 0.25) is 5.91 Å². The van der Waals surface area contributed by atoms with E-state index in [-0.39, 0.29) is 11.7 Å². The van der Waals surface area contributed by atoms with Crippen LogP contribution >= 0.6 is 0 Å². The minimum absolute atomic E-state index is 0.205. The summed E-state index contributed by atoms with van der Waals surface area (Å²) in [4.78, 5) is 18.2. The molecule has 1 aromatic carbocycles. The highest BCUT2D eigenvalue weighted by atomic mass is 19.1. The van der Waals surface area contributed by atoms with Gasteiger partial charge >= 0.3 is 0 Å². The van der Waals surface area contributed by atoms with Crippen LogP contribution in [0.25, 0.3) is 10.9 Å². The third-order valence-corrected chi connectivity index (χ3v) is 4.07. The molecule has 1 saturated heterocycles. The zero-order valence-corrected chi connectivity index (χ0v) is 12.5. The summed E-state index contributed by atoms with van der Waals surface area (Å²) in [5, 5.41) is 4.14. The van der Waals surface area contributed by atoms with E-state index in [4.69, 9.17) is 0 Å². The standard InChI is InChI=1S/C17H20FN3O/c18-13-4-5-14-15(6-8-20-16(14)12-13)19-9-7-17(22)21-10-2-1-3-11-21/h4-6,8,12H,1-3,7,9-11H2,(H,19,20). The van der Waals surface area contributed by atoms with Crippen molar-refractivity contribution in [1.29, 1.82) is 0 Å². The number of fused-ring (bicyclic) bond motifs is 1. The van der Waals surface area contributed by atoms with Crippen molar-refractivity contribution in [3.8, 4) is 0 Å². The number of pyridine rings is 1. The number of halogens is 1. The first-order valence-corrected chi connectivity index (χ1v) is 7.80. The Hall–Kier alpha value is -2.17. The quantitative estimate of drug-likeness (QED) is 0.943. The summed E-state index contributed by atoms with van der Waals surface area (Å²) in [5.41, 5.74) is 1.50. The smallest absolute Gasteiger partial charge is 0.224 e. The lowest BCUT2D eigenvalue weighted by atomic mass is 10.1. The number of carbonyl (C=O) groups is 1. The van der Waals surface area contributed by atoms with Gasteiger partial charge in [0.1, 0.15) is 5.82 Å². The van der Waals surface area contributed by atoms with E-state index in [9.17, 15) is 9.18 Å². The van der Waals surface area contributed by atoms with Gasteiger partial charge in [0, 0.05) is 49.4 Å². The minimum Gasteiger partial charge on any atom is -0.384 e. The Morgan fingerprint density at radius 1 is 1.23 bits per heavy atom. The second-order valence-electron chi connectivity index (χ2n) is 5.64. The minimum atomic E-state index is -0.294. The van der Waals surface area contributed by atoms with Crippen LogP contribution in [-0.2, 0) is 4.79 Å². The molecule has 0 bridgehead atoms. The van der Waals surface area contributed by atoms with E-state index in [0.717, 1.165) is 37.0 Å². The molecule has 116 valence electrons. The number of likely N-dealkylation sites (tertiary alicyclic amines) is 1. The first-order chi connectivity index (χ1) is 10.7. The Bertz CT molecular complexity index is 668. The molecule has 1 aliphatic rings. The molecule has 3 rings (SSSR count). The average molecular weight is 301 g/mol. The number of anilines is 1. The second kappa shape index (κ2) is 6.73. The molecular formula is C17H20FN3O. The molecule has 2 aromatic rings. The zero-order valence-electron chi connectivity index (χ0n) is 12.5. The van der Waals surface area contributed by atoms with Gasteiger partial charge in [-0.25, -0.2) is 4.39 Å². The Labute approximate surface area is 129 Å². The van der Waals surface area contributed by atoms with Gasteiger partial charge in [-0.3, -0.25) is 9.78 Å². The lowest BCUT2D eigenvalue weighted by Gasteiger charge is -2.26. The molecule has 22 heavy (non-hydrogen) atoms. The maximum absolute atomic E-state index is 13.2. The summed E-state index contributed by atoms with van der Waals surface area (Å²) >= 11 is 0. The van der Waals surface area contributed by atoms with Crippen molar-refractivity contribution in [1.82, 2.24) is 9.88 Å². The van der Waals surface area contributed by atoms with Crippen molar-refractivity contribution in [2.45, 2.75) is 25.7 Å². The molecule has 0 aliphatic carbocycles. The van der Waals surface area contributed by atoms with Crippen LogP contribution in [0.15, 0.2) is 30.5 Å². The van der Waals surface area contributed by atoms with Crippen molar-refractivity contribution < 1.29 is 9.18 Å². The van der Waals surface area contributed by atoms with Gasteiger partial charge in [0.15, 0.2) is 0 Å². The molecule has 0 unspecified atom stereocenters. The highest BCUT2D eigenvalue weighted by Gasteiger charge is 2.15.